The molecule has 9 heteroatoms. The van der Waals surface area contributed by atoms with Crippen LogP contribution in [0.5, 0.6) is 0 Å². The maximum absolute atomic E-state index is 12.8. The van der Waals surface area contributed by atoms with E-state index in [9.17, 15) is 9.59 Å². The number of hydrogen-bond donors (Lipinski definition) is 2. The van der Waals surface area contributed by atoms with Gasteiger partial charge in [0, 0.05) is 17.9 Å². The summed E-state index contributed by atoms with van der Waals surface area (Å²) in [5, 5.41) is 16.9. The summed E-state index contributed by atoms with van der Waals surface area (Å²) >= 11 is 0. The first kappa shape index (κ1) is 19.6. The molecule has 1 aromatic heterocycles. The normalized spacial score (nSPS) is 15.8. The number of nitrogens with zero attached hydrogens (tertiary/aromatic N) is 5. The van der Waals surface area contributed by atoms with Gasteiger partial charge in [-0.15, -0.1) is 5.10 Å². The zero-order valence-corrected chi connectivity index (χ0v) is 16.9. The first-order valence-electron chi connectivity index (χ1n) is 9.80. The minimum absolute atomic E-state index is 0.196. The zero-order valence-electron chi connectivity index (χ0n) is 16.9. The Morgan fingerprint density at radius 2 is 1.73 bits per heavy atom. The van der Waals surface area contributed by atoms with Crippen LogP contribution in [0.15, 0.2) is 48.8 Å². The summed E-state index contributed by atoms with van der Waals surface area (Å²) in [4.78, 5) is 27.2. The molecule has 30 heavy (non-hydrogen) atoms. The van der Waals surface area contributed by atoms with Gasteiger partial charge in [0.15, 0.2) is 0 Å². The Morgan fingerprint density at radius 1 is 1.00 bits per heavy atom. The molecule has 2 heterocycles. The number of benzene rings is 2. The molecular weight excluding hydrogens is 382 g/mol. The number of tetrazole rings is 1. The standard InChI is InChI=1S/C21H23N7O2/c1-14-10-15(2)12-17(11-14)24-21(30)27-9-3-4-19(27)20(29)23-16-5-7-18(8-6-16)28-13-22-25-26-28/h5-8,10-13,19H,3-4,9H2,1-2H3,(H,23,29)(H,24,30)/t19-/m0/s1. The van der Waals surface area contributed by atoms with Crippen molar-refractivity contribution in [1.29, 1.82) is 0 Å². The molecule has 1 saturated heterocycles. The lowest BCUT2D eigenvalue weighted by Crippen LogP contribution is -2.45. The largest absolute Gasteiger partial charge is 0.324 e. The van der Waals surface area contributed by atoms with Crippen molar-refractivity contribution in [3.63, 3.8) is 0 Å². The molecule has 1 aliphatic heterocycles. The molecule has 1 atom stereocenters. The summed E-state index contributed by atoms with van der Waals surface area (Å²) in [7, 11) is 0. The monoisotopic (exact) mass is 405 g/mol. The minimum atomic E-state index is -0.505. The molecule has 0 aliphatic carbocycles. The van der Waals surface area contributed by atoms with E-state index < -0.39 is 6.04 Å². The maximum atomic E-state index is 12.8. The maximum Gasteiger partial charge on any atom is 0.322 e. The number of nitrogens with one attached hydrogen (secondary N) is 2. The van der Waals surface area contributed by atoms with Crippen LogP contribution in [-0.4, -0.2) is 49.6 Å². The van der Waals surface area contributed by atoms with Crippen molar-refractivity contribution in [2.45, 2.75) is 32.7 Å². The van der Waals surface area contributed by atoms with Crippen LogP contribution in [0.2, 0.25) is 0 Å². The average Bonchev–Trinajstić information content (AvgIpc) is 3.40. The third-order valence-electron chi connectivity index (χ3n) is 5.04. The Bertz CT molecular complexity index is 1030. The molecule has 0 unspecified atom stereocenters. The predicted octanol–water partition coefficient (Wildman–Crippen LogP) is 2.91. The van der Waals surface area contributed by atoms with Gasteiger partial charge < -0.3 is 15.5 Å². The number of anilines is 2. The van der Waals surface area contributed by atoms with Crippen LogP contribution in [0.25, 0.3) is 5.69 Å². The SMILES string of the molecule is Cc1cc(C)cc(NC(=O)N2CCC[C@H]2C(=O)Nc2ccc(-n3cnnn3)cc2)c1. The summed E-state index contributed by atoms with van der Waals surface area (Å²) in [5.74, 6) is -0.196. The van der Waals surface area contributed by atoms with E-state index in [4.69, 9.17) is 0 Å². The fourth-order valence-corrected chi connectivity index (χ4v) is 3.73. The summed E-state index contributed by atoms with van der Waals surface area (Å²) in [6, 6.07) is 12.3. The van der Waals surface area contributed by atoms with Crippen molar-refractivity contribution in [1.82, 2.24) is 25.1 Å². The van der Waals surface area contributed by atoms with Crippen LogP contribution in [0.4, 0.5) is 16.2 Å². The van der Waals surface area contributed by atoms with Gasteiger partial charge in [-0.05, 0) is 84.6 Å². The molecule has 0 bridgehead atoms. The lowest BCUT2D eigenvalue weighted by Gasteiger charge is -2.24. The number of hydrogen-bond acceptors (Lipinski definition) is 5. The molecule has 0 radical (unpaired) electrons. The van der Waals surface area contributed by atoms with Gasteiger partial charge in [0.25, 0.3) is 0 Å². The highest BCUT2D eigenvalue weighted by Crippen LogP contribution is 2.22. The highest BCUT2D eigenvalue weighted by atomic mass is 16.2. The van der Waals surface area contributed by atoms with Gasteiger partial charge in [0.1, 0.15) is 12.4 Å². The van der Waals surface area contributed by atoms with E-state index in [2.05, 4.69) is 26.2 Å². The summed E-state index contributed by atoms with van der Waals surface area (Å²) in [5.41, 5.74) is 4.32. The molecule has 9 nitrogen and oxygen atoms in total. The van der Waals surface area contributed by atoms with Gasteiger partial charge in [0.2, 0.25) is 5.91 Å². The van der Waals surface area contributed by atoms with Crippen LogP contribution in [0.3, 0.4) is 0 Å². The Balaban J connectivity index is 1.41. The molecular formula is C21H23N7O2. The zero-order chi connectivity index (χ0) is 21.1. The van der Waals surface area contributed by atoms with E-state index in [-0.39, 0.29) is 11.9 Å². The van der Waals surface area contributed by atoms with Crippen LogP contribution in [-0.2, 0) is 4.79 Å². The number of carbonyl (C=O) groups is 2. The Morgan fingerprint density at radius 3 is 2.40 bits per heavy atom. The molecule has 0 spiro atoms. The van der Waals surface area contributed by atoms with Crippen molar-refractivity contribution in [2.75, 3.05) is 17.2 Å². The van der Waals surface area contributed by atoms with Gasteiger partial charge >= 0.3 is 6.03 Å². The smallest absolute Gasteiger partial charge is 0.322 e. The first-order valence-corrected chi connectivity index (χ1v) is 9.80. The molecule has 3 aromatic rings. The van der Waals surface area contributed by atoms with Crippen LogP contribution < -0.4 is 10.6 Å². The summed E-state index contributed by atoms with van der Waals surface area (Å²) < 4.78 is 1.53. The molecule has 4 rings (SSSR count). The second-order valence-electron chi connectivity index (χ2n) is 7.45. The topological polar surface area (TPSA) is 105 Å². The van der Waals surface area contributed by atoms with E-state index in [0.717, 1.165) is 28.9 Å². The van der Waals surface area contributed by atoms with Gasteiger partial charge in [-0.2, -0.15) is 0 Å². The molecule has 2 N–H and O–H groups in total. The number of amides is 3. The third kappa shape index (κ3) is 4.29. The molecule has 1 fully saturated rings. The third-order valence-corrected chi connectivity index (χ3v) is 5.04. The molecule has 2 aromatic carbocycles. The lowest BCUT2D eigenvalue weighted by molar-refractivity contribution is -0.119. The Hall–Kier alpha value is -3.75. The fourth-order valence-electron chi connectivity index (χ4n) is 3.73. The van der Waals surface area contributed by atoms with E-state index >= 15 is 0 Å². The van der Waals surface area contributed by atoms with Crippen molar-refractivity contribution < 1.29 is 9.59 Å². The molecule has 154 valence electrons. The van der Waals surface area contributed by atoms with Crippen LogP contribution >= 0.6 is 0 Å². The minimum Gasteiger partial charge on any atom is -0.324 e. The fraction of sp³-hybridized carbons (Fsp3) is 0.286. The first-order chi connectivity index (χ1) is 14.5. The van der Waals surface area contributed by atoms with Crippen molar-refractivity contribution >= 4 is 23.3 Å². The van der Waals surface area contributed by atoms with Gasteiger partial charge in [-0.25, -0.2) is 9.48 Å². The average molecular weight is 405 g/mol. The predicted molar refractivity (Wildman–Crippen MR) is 112 cm³/mol. The summed E-state index contributed by atoms with van der Waals surface area (Å²) in [6.45, 7) is 4.52. The van der Waals surface area contributed by atoms with Crippen LogP contribution in [0.1, 0.15) is 24.0 Å². The lowest BCUT2D eigenvalue weighted by atomic mass is 10.1. The quantitative estimate of drug-likeness (QED) is 0.694. The molecule has 0 saturated carbocycles. The van der Waals surface area contributed by atoms with Gasteiger partial charge in [-0.3, -0.25) is 4.79 Å². The highest BCUT2D eigenvalue weighted by Gasteiger charge is 2.34. The number of aryl methyl sites for hydroxylation is 2. The second-order valence-corrected chi connectivity index (χ2v) is 7.45. The highest BCUT2D eigenvalue weighted by molar-refractivity contribution is 5.99. The Kier molecular flexibility index (Phi) is 5.42. The van der Waals surface area contributed by atoms with E-state index in [1.807, 2.05) is 44.2 Å². The van der Waals surface area contributed by atoms with Crippen molar-refractivity contribution in [3.05, 3.63) is 59.9 Å². The van der Waals surface area contributed by atoms with Crippen LogP contribution in [0, 0.1) is 13.8 Å². The number of likely N-dealkylation sites (tertiary alicyclic amines) is 1. The number of urea groups is 1. The second kappa shape index (κ2) is 8.32. The van der Waals surface area contributed by atoms with Gasteiger partial charge in [-0.1, -0.05) is 6.07 Å². The van der Waals surface area contributed by atoms with E-state index in [1.165, 1.54) is 11.0 Å². The van der Waals surface area contributed by atoms with Crippen molar-refractivity contribution in [2.24, 2.45) is 0 Å². The van der Waals surface area contributed by atoms with E-state index in [0.29, 0.717) is 18.7 Å². The summed E-state index contributed by atoms with van der Waals surface area (Å²) in [6.07, 6.45) is 2.92. The molecule has 3 amide bonds. The molecule has 1 aliphatic rings. The Labute approximate surface area is 174 Å². The number of rotatable bonds is 4. The van der Waals surface area contributed by atoms with E-state index in [1.54, 1.807) is 17.0 Å². The van der Waals surface area contributed by atoms with Crippen molar-refractivity contribution in [3.8, 4) is 5.69 Å². The van der Waals surface area contributed by atoms with Gasteiger partial charge in [0.05, 0.1) is 5.69 Å². The number of aromatic nitrogens is 4. The number of carbonyl (C=O) groups excluding carboxylic acids is 2.